The van der Waals surface area contributed by atoms with Crippen molar-refractivity contribution in [3.05, 3.63) is 59.4 Å². The summed E-state index contributed by atoms with van der Waals surface area (Å²) in [4.78, 5) is 2.15. The number of fused-ring (bicyclic) bond motifs is 1. The van der Waals surface area contributed by atoms with Crippen molar-refractivity contribution in [1.29, 1.82) is 0 Å². The van der Waals surface area contributed by atoms with Crippen LogP contribution in [0.2, 0.25) is 0 Å². The highest BCUT2D eigenvalue weighted by molar-refractivity contribution is 5.61. The number of aliphatic hydroxyl groups is 1. The second-order valence-corrected chi connectivity index (χ2v) is 4.86. The predicted octanol–water partition coefficient (Wildman–Crippen LogP) is 2.72. The third kappa shape index (κ3) is 2.60. The molecule has 0 bridgehead atoms. The van der Waals surface area contributed by atoms with E-state index in [-0.39, 0.29) is 12.4 Å². The molecule has 0 spiro atoms. The number of rotatable bonds is 3. The summed E-state index contributed by atoms with van der Waals surface area (Å²) < 4.78 is 18.9. The van der Waals surface area contributed by atoms with Crippen LogP contribution in [0.5, 0.6) is 5.75 Å². The summed E-state index contributed by atoms with van der Waals surface area (Å²) in [5, 5.41) is 9.24. The van der Waals surface area contributed by atoms with Gasteiger partial charge in [-0.05, 0) is 35.4 Å². The largest absolute Gasteiger partial charge is 0.490 e. The summed E-state index contributed by atoms with van der Waals surface area (Å²) in [6.07, 6.45) is 0. The Labute approximate surface area is 117 Å². The topological polar surface area (TPSA) is 32.7 Å². The maximum absolute atomic E-state index is 13.3. The second kappa shape index (κ2) is 5.51. The first kappa shape index (κ1) is 12.9. The molecule has 4 heteroatoms. The molecule has 0 unspecified atom stereocenters. The SMILES string of the molecule is OCc1ccc2c(c1)N(Cc1cccc(F)c1)CCO2. The van der Waals surface area contributed by atoms with Gasteiger partial charge >= 0.3 is 0 Å². The summed E-state index contributed by atoms with van der Waals surface area (Å²) in [6, 6.07) is 12.3. The zero-order chi connectivity index (χ0) is 13.9. The van der Waals surface area contributed by atoms with Crippen LogP contribution in [0.1, 0.15) is 11.1 Å². The summed E-state index contributed by atoms with van der Waals surface area (Å²) in [5.41, 5.74) is 2.72. The van der Waals surface area contributed by atoms with E-state index in [1.54, 1.807) is 12.1 Å². The molecule has 2 aromatic rings. The molecule has 1 heterocycles. The Morgan fingerprint density at radius 1 is 1.15 bits per heavy atom. The van der Waals surface area contributed by atoms with Crippen LogP contribution in [0.25, 0.3) is 0 Å². The Morgan fingerprint density at radius 2 is 2.05 bits per heavy atom. The van der Waals surface area contributed by atoms with Crippen LogP contribution in [-0.4, -0.2) is 18.3 Å². The van der Waals surface area contributed by atoms with Gasteiger partial charge in [-0.2, -0.15) is 0 Å². The van der Waals surface area contributed by atoms with Gasteiger partial charge in [-0.1, -0.05) is 18.2 Å². The monoisotopic (exact) mass is 273 g/mol. The van der Waals surface area contributed by atoms with E-state index < -0.39 is 0 Å². The Balaban J connectivity index is 1.89. The fourth-order valence-electron chi connectivity index (χ4n) is 2.44. The lowest BCUT2D eigenvalue weighted by Gasteiger charge is -2.31. The lowest BCUT2D eigenvalue weighted by molar-refractivity contribution is 0.280. The molecule has 0 amide bonds. The van der Waals surface area contributed by atoms with Crippen LogP contribution in [-0.2, 0) is 13.2 Å². The lowest BCUT2D eigenvalue weighted by atomic mass is 10.1. The summed E-state index contributed by atoms with van der Waals surface area (Å²) in [5.74, 6) is 0.588. The van der Waals surface area contributed by atoms with Gasteiger partial charge in [0.05, 0.1) is 18.8 Å². The number of hydrogen-bond acceptors (Lipinski definition) is 3. The van der Waals surface area contributed by atoms with E-state index in [2.05, 4.69) is 4.90 Å². The van der Waals surface area contributed by atoms with Crippen molar-refractivity contribution in [3.63, 3.8) is 0 Å². The van der Waals surface area contributed by atoms with Crippen molar-refractivity contribution >= 4 is 5.69 Å². The van der Waals surface area contributed by atoms with Gasteiger partial charge in [0, 0.05) is 6.54 Å². The van der Waals surface area contributed by atoms with Crippen LogP contribution in [0, 0.1) is 5.82 Å². The van der Waals surface area contributed by atoms with Crippen molar-refractivity contribution in [2.75, 3.05) is 18.1 Å². The Bertz CT molecular complexity index is 615. The molecule has 3 nitrogen and oxygen atoms in total. The van der Waals surface area contributed by atoms with Crippen LogP contribution in [0.15, 0.2) is 42.5 Å². The molecule has 0 aromatic heterocycles. The summed E-state index contributed by atoms with van der Waals surface area (Å²) in [6.45, 7) is 1.99. The van der Waals surface area contributed by atoms with Crippen molar-refractivity contribution in [2.45, 2.75) is 13.2 Å². The molecule has 0 radical (unpaired) electrons. The molecule has 104 valence electrons. The third-order valence-electron chi connectivity index (χ3n) is 3.43. The average Bonchev–Trinajstić information content (AvgIpc) is 2.47. The molecule has 1 aliphatic heterocycles. The van der Waals surface area contributed by atoms with Gasteiger partial charge < -0.3 is 14.7 Å². The Morgan fingerprint density at radius 3 is 2.85 bits per heavy atom. The van der Waals surface area contributed by atoms with Gasteiger partial charge in [0.25, 0.3) is 0 Å². The summed E-state index contributed by atoms with van der Waals surface area (Å²) >= 11 is 0. The first-order valence-electron chi connectivity index (χ1n) is 6.62. The minimum Gasteiger partial charge on any atom is -0.490 e. The van der Waals surface area contributed by atoms with Crippen molar-refractivity contribution in [1.82, 2.24) is 0 Å². The van der Waals surface area contributed by atoms with Crippen LogP contribution in [0.3, 0.4) is 0 Å². The number of anilines is 1. The van der Waals surface area contributed by atoms with E-state index >= 15 is 0 Å². The minimum atomic E-state index is -0.222. The highest BCUT2D eigenvalue weighted by atomic mass is 19.1. The Hall–Kier alpha value is -2.07. The zero-order valence-electron chi connectivity index (χ0n) is 11.1. The van der Waals surface area contributed by atoms with Crippen molar-refractivity contribution in [3.8, 4) is 5.75 Å². The molecular weight excluding hydrogens is 257 g/mol. The lowest BCUT2D eigenvalue weighted by Crippen LogP contribution is -2.32. The van der Waals surface area contributed by atoms with Crippen molar-refractivity contribution in [2.24, 2.45) is 0 Å². The van der Waals surface area contributed by atoms with E-state index in [1.165, 1.54) is 6.07 Å². The van der Waals surface area contributed by atoms with Crippen molar-refractivity contribution < 1.29 is 14.2 Å². The molecule has 0 saturated heterocycles. The molecule has 20 heavy (non-hydrogen) atoms. The van der Waals surface area contributed by atoms with Gasteiger partial charge in [-0.3, -0.25) is 0 Å². The van der Waals surface area contributed by atoms with E-state index in [9.17, 15) is 9.50 Å². The smallest absolute Gasteiger partial charge is 0.142 e. The number of nitrogens with zero attached hydrogens (tertiary/aromatic N) is 1. The van der Waals surface area contributed by atoms with Gasteiger partial charge in [-0.25, -0.2) is 4.39 Å². The fraction of sp³-hybridized carbons (Fsp3) is 0.250. The quantitative estimate of drug-likeness (QED) is 0.933. The summed E-state index contributed by atoms with van der Waals surface area (Å²) in [7, 11) is 0. The molecule has 2 aromatic carbocycles. The highest BCUT2D eigenvalue weighted by Crippen LogP contribution is 2.33. The number of benzene rings is 2. The molecule has 0 fully saturated rings. The molecule has 0 aliphatic carbocycles. The fourth-order valence-corrected chi connectivity index (χ4v) is 2.44. The van der Waals surface area contributed by atoms with Crippen LogP contribution < -0.4 is 9.64 Å². The maximum atomic E-state index is 13.3. The van der Waals surface area contributed by atoms with Gasteiger partial charge in [-0.15, -0.1) is 0 Å². The van der Waals surface area contributed by atoms with E-state index in [0.717, 1.165) is 29.1 Å². The number of hydrogen-bond donors (Lipinski definition) is 1. The average molecular weight is 273 g/mol. The van der Waals surface area contributed by atoms with Gasteiger partial charge in [0.1, 0.15) is 18.2 Å². The van der Waals surface area contributed by atoms with Crippen LogP contribution in [0.4, 0.5) is 10.1 Å². The van der Waals surface area contributed by atoms with E-state index in [1.807, 2.05) is 24.3 Å². The third-order valence-corrected chi connectivity index (χ3v) is 3.43. The second-order valence-electron chi connectivity index (χ2n) is 4.86. The first-order valence-corrected chi connectivity index (χ1v) is 6.62. The first-order chi connectivity index (χ1) is 9.76. The predicted molar refractivity (Wildman–Crippen MR) is 75.3 cm³/mol. The maximum Gasteiger partial charge on any atom is 0.142 e. The molecule has 1 aliphatic rings. The van der Waals surface area contributed by atoms with Gasteiger partial charge in [0.2, 0.25) is 0 Å². The minimum absolute atomic E-state index is 0.00108. The molecule has 0 saturated carbocycles. The number of ether oxygens (including phenoxy) is 1. The van der Waals surface area contributed by atoms with E-state index in [0.29, 0.717) is 13.2 Å². The standard InChI is InChI=1S/C16H16FNO2/c17-14-3-1-2-12(8-14)10-18-6-7-20-16-5-4-13(11-19)9-15(16)18/h1-5,8-9,19H,6-7,10-11H2. The van der Waals surface area contributed by atoms with E-state index in [4.69, 9.17) is 4.74 Å². The van der Waals surface area contributed by atoms with Crippen LogP contribution >= 0.6 is 0 Å². The number of halogens is 1. The Kier molecular flexibility index (Phi) is 3.56. The van der Waals surface area contributed by atoms with Gasteiger partial charge in [0.15, 0.2) is 0 Å². The molecule has 1 N–H and O–H groups in total. The normalized spacial score (nSPS) is 13.8. The number of aliphatic hydroxyl groups excluding tert-OH is 1. The molecule has 3 rings (SSSR count). The zero-order valence-corrected chi connectivity index (χ0v) is 11.1. The highest BCUT2D eigenvalue weighted by Gasteiger charge is 2.18. The molecular formula is C16H16FNO2. The molecule has 0 atom stereocenters.